The normalized spacial score (nSPS) is 21.6. The number of fused-ring (bicyclic) bond motifs is 1. The molecule has 0 radical (unpaired) electrons. The van der Waals surface area contributed by atoms with E-state index in [1.165, 1.54) is 28.6 Å². The second-order valence-corrected chi connectivity index (χ2v) is 8.62. The first-order chi connectivity index (χ1) is 12.9. The van der Waals surface area contributed by atoms with Gasteiger partial charge in [-0.1, -0.05) is 0 Å². The molecule has 1 amide bonds. The van der Waals surface area contributed by atoms with Gasteiger partial charge in [0, 0.05) is 44.2 Å². The predicted molar refractivity (Wildman–Crippen MR) is 96.8 cm³/mol. The maximum absolute atomic E-state index is 12.9. The van der Waals surface area contributed by atoms with Gasteiger partial charge in [0.25, 0.3) is 5.91 Å². The van der Waals surface area contributed by atoms with E-state index >= 15 is 0 Å². The first-order valence-corrected chi connectivity index (χ1v) is 10.3. The molecular weight excluding hydrogens is 372 g/mol. The Morgan fingerprint density at radius 2 is 1.85 bits per heavy atom. The topological polar surface area (TPSA) is 97.1 Å². The molecule has 0 bridgehead atoms. The third-order valence-corrected chi connectivity index (χ3v) is 6.88. The Morgan fingerprint density at radius 3 is 2.56 bits per heavy atom. The standard InChI is InChI=1S/C18H20N2O6S/c21-17-6-3-13-12-14(4-5-15(13)26-17)27(23,24)20-9-7-19(8-10-20)18(22)16-2-1-11-25-16/h3-6,12,16H,1-2,7-11H2. The van der Waals surface area contributed by atoms with E-state index in [0.717, 1.165) is 12.8 Å². The average molecular weight is 392 g/mol. The van der Waals surface area contributed by atoms with Gasteiger partial charge in [0.15, 0.2) is 0 Å². The van der Waals surface area contributed by atoms with Gasteiger partial charge in [0.2, 0.25) is 10.0 Å². The summed E-state index contributed by atoms with van der Waals surface area (Å²) in [6.07, 6.45) is 1.22. The van der Waals surface area contributed by atoms with Crippen LogP contribution in [0.3, 0.4) is 0 Å². The number of carbonyl (C=O) groups is 1. The van der Waals surface area contributed by atoms with Crippen molar-refractivity contribution in [2.45, 2.75) is 23.8 Å². The Balaban J connectivity index is 1.49. The summed E-state index contributed by atoms with van der Waals surface area (Å²) < 4.78 is 37.7. The molecule has 8 nitrogen and oxygen atoms in total. The van der Waals surface area contributed by atoms with E-state index in [4.69, 9.17) is 9.15 Å². The monoisotopic (exact) mass is 392 g/mol. The molecule has 0 spiro atoms. The highest BCUT2D eigenvalue weighted by molar-refractivity contribution is 7.89. The Labute approximate surface area is 156 Å². The minimum Gasteiger partial charge on any atom is -0.423 e. The number of carbonyl (C=O) groups excluding carboxylic acids is 1. The predicted octanol–water partition coefficient (Wildman–Crippen LogP) is 0.805. The summed E-state index contributed by atoms with van der Waals surface area (Å²) in [5.74, 6) is -0.0507. The third-order valence-electron chi connectivity index (χ3n) is 4.98. The first-order valence-electron chi connectivity index (χ1n) is 8.90. The lowest BCUT2D eigenvalue weighted by molar-refractivity contribution is -0.142. The van der Waals surface area contributed by atoms with Gasteiger partial charge in [-0.3, -0.25) is 4.79 Å². The number of nitrogens with zero attached hydrogens (tertiary/aromatic N) is 2. The van der Waals surface area contributed by atoms with Crippen molar-refractivity contribution >= 4 is 26.9 Å². The highest BCUT2D eigenvalue weighted by Gasteiger charge is 2.34. The van der Waals surface area contributed by atoms with Gasteiger partial charge in [-0.15, -0.1) is 0 Å². The van der Waals surface area contributed by atoms with Crippen LogP contribution >= 0.6 is 0 Å². The second-order valence-electron chi connectivity index (χ2n) is 6.69. The number of ether oxygens (including phenoxy) is 1. The molecule has 1 aromatic heterocycles. The zero-order valence-corrected chi connectivity index (χ0v) is 15.5. The van der Waals surface area contributed by atoms with Crippen molar-refractivity contribution in [1.29, 1.82) is 0 Å². The summed E-state index contributed by atoms with van der Waals surface area (Å²) in [5, 5.41) is 0.544. The van der Waals surface area contributed by atoms with Crippen molar-refractivity contribution in [3.63, 3.8) is 0 Å². The molecule has 9 heteroatoms. The summed E-state index contributed by atoms with van der Waals surface area (Å²) in [6, 6.07) is 7.22. The molecule has 1 unspecified atom stereocenters. The van der Waals surface area contributed by atoms with Crippen molar-refractivity contribution in [1.82, 2.24) is 9.21 Å². The lowest BCUT2D eigenvalue weighted by Crippen LogP contribution is -2.52. The minimum atomic E-state index is -3.69. The van der Waals surface area contributed by atoms with Gasteiger partial charge in [0.05, 0.1) is 4.90 Å². The molecule has 144 valence electrons. The molecule has 2 aliphatic rings. The van der Waals surface area contributed by atoms with E-state index < -0.39 is 15.6 Å². The molecule has 2 fully saturated rings. The van der Waals surface area contributed by atoms with E-state index in [0.29, 0.717) is 30.7 Å². The number of hydrogen-bond donors (Lipinski definition) is 0. The summed E-state index contributed by atoms with van der Waals surface area (Å²) in [4.78, 5) is 25.5. The van der Waals surface area contributed by atoms with Crippen LogP contribution in [0.1, 0.15) is 12.8 Å². The fraction of sp³-hybridized carbons (Fsp3) is 0.444. The zero-order valence-electron chi connectivity index (χ0n) is 14.7. The van der Waals surface area contributed by atoms with Crippen LogP contribution in [0.4, 0.5) is 0 Å². The van der Waals surface area contributed by atoms with Gasteiger partial charge in [-0.2, -0.15) is 4.31 Å². The number of benzene rings is 1. The van der Waals surface area contributed by atoms with E-state index in [1.54, 1.807) is 11.0 Å². The maximum atomic E-state index is 12.9. The van der Waals surface area contributed by atoms with Gasteiger partial charge < -0.3 is 14.1 Å². The molecule has 2 aliphatic heterocycles. The zero-order chi connectivity index (χ0) is 19.0. The maximum Gasteiger partial charge on any atom is 0.336 e. The quantitative estimate of drug-likeness (QED) is 0.717. The Kier molecular flexibility index (Phi) is 4.75. The lowest BCUT2D eigenvalue weighted by atomic mass is 10.2. The largest absolute Gasteiger partial charge is 0.423 e. The summed E-state index contributed by atoms with van der Waals surface area (Å²) in [6.45, 7) is 1.78. The Bertz CT molecular complexity index is 1020. The Hall–Kier alpha value is -2.23. The van der Waals surface area contributed by atoms with E-state index in [-0.39, 0.29) is 30.0 Å². The molecule has 27 heavy (non-hydrogen) atoms. The fourth-order valence-corrected chi connectivity index (χ4v) is 4.94. The summed E-state index contributed by atoms with van der Waals surface area (Å²) in [7, 11) is -3.69. The highest BCUT2D eigenvalue weighted by atomic mass is 32.2. The van der Waals surface area contributed by atoms with E-state index in [9.17, 15) is 18.0 Å². The molecule has 0 saturated carbocycles. The molecule has 4 rings (SSSR count). The summed E-state index contributed by atoms with van der Waals surface area (Å²) in [5.41, 5.74) is -0.140. The van der Waals surface area contributed by atoms with Crippen LogP contribution in [-0.4, -0.2) is 62.4 Å². The molecular formula is C18H20N2O6S. The molecule has 2 saturated heterocycles. The van der Waals surface area contributed by atoms with E-state index in [1.807, 2.05) is 0 Å². The van der Waals surface area contributed by atoms with Gasteiger partial charge in [-0.05, 0) is 37.1 Å². The van der Waals surface area contributed by atoms with Crippen LogP contribution in [0.15, 0.2) is 44.4 Å². The number of sulfonamides is 1. The molecule has 0 N–H and O–H groups in total. The number of piperazine rings is 1. The van der Waals surface area contributed by atoms with Gasteiger partial charge in [-0.25, -0.2) is 13.2 Å². The second kappa shape index (κ2) is 7.06. The van der Waals surface area contributed by atoms with Crippen LogP contribution in [0, 0.1) is 0 Å². The average Bonchev–Trinajstić information content (AvgIpc) is 3.22. The lowest BCUT2D eigenvalue weighted by Gasteiger charge is -2.35. The van der Waals surface area contributed by atoms with Crippen LogP contribution in [-0.2, 0) is 19.6 Å². The molecule has 0 aliphatic carbocycles. The van der Waals surface area contributed by atoms with Crippen LogP contribution < -0.4 is 5.63 Å². The molecule has 2 aromatic rings. The number of rotatable bonds is 3. The summed E-state index contributed by atoms with van der Waals surface area (Å²) >= 11 is 0. The van der Waals surface area contributed by atoms with Crippen molar-refractivity contribution < 1.29 is 22.4 Å². The smallest absolute Gasteiger partial charge is 0.336 e. The number of hydrogen-bond acceptors (Lipinski definition) is 6. The van der Waals surface area contributed by atoms with Crippen LogP contribution in [0.25, 0.3) is 11.0 Å². The fourth-order valence-electron chi connectivity index (χ4n) is 3.48. The van der Waals surface area contributed by atoms with Gasteiger partial charge in [0.1, 0.15) is 11.7 Å². The third kappa shape index (κ3) is 3.50. The van der Waals surface area contributed by atoms with Crippen molar-refractivity contribution in [2.24, 2.45) is 0 Å². The van der Waals surface area contributed by atoms with Crippen molar-refractivity contribution in [3.8, 4) is 0 Å². The Morgan fingerprint density at radius 1 is 1.07 bits per heavy atom. The molecule has 1 atom stereocenters. The molecule has 3 heterocycles. The minimum absolute atomic E-state index is 0.0507. The SMILES string of the molecule is O=C(C1CCCO1)N1CCN(S(=O)(=O)c2ccc3oc(=O)ccc3c2)CC1. The van der Waals surface area contributed by atoms with E-state index in [2.05, 4.69) is 0 Å². The van der Waals surface area contributed by atoms with Crippen molar-refractivity contribution in [3.05, 3.63) is 40.8 Å². The van der Waals surface area contributed by atoms with Crippen LogP contribution in [0.5, 0.6) is 0 Å². The van der Waals surface area contributed by atoms with Crippen molar-refractivity contribution in [2.75, 3.05) is 32.8 Å². The first kappa shape index (κ1) is 18.1. The number of amides is 1. The van der Waals surface area contributed by atoms with Crippen LogP contribution in [0.2, 0.25) is 0 Å². The molecule has 1 aromatic carbocycles. The van der Waals surface area contributed by atoms with Gasteiger partial charge >= 0.3 is 5.63 Å². The highest BCUT2D eigenvalue weighted by Crippen LogP contribution is 2.23.